The number of amides is 1. The van der Waals surface area contributed by atoms with Gasteiger partial charge in [0.05, 0.1) is 18.6 Å². The fraction of sp³-hybridized carbons (Fsp3) is 0.889. The van der Waals surface area contributed by atoms with E-state index < -0.39 is 30.5 Å². The van der Waals surface area contributed by atoms with Gasteiger partial charge >= 0.3 is 0 Å². The van der Waals surface area contributed by atoms with Crippen molar-refractivity contribution in [2.24, 2.45) is 11.5 Å². The molecule has 0 heterocycles. The number of alkyl halides is 2. The molecule has 0 radical (unpaired) electrons. The van der Waals surface area contributed by atoms with E-state index in [1.54, 1.807) is 0 Å². The van der Waals surface area contributed by atoms with Gasteiger partial charge in [-0.1, -0.05) is 12.8 Å². The van der Waals surface area contributed by atoms with Crippen LogP contribution in [0.5, 0.6) is 0 Å². The van der Waals surface area contributed by atoms with Gasteiger partial charge in [-0.3, -0.25) is 4.79 Å². The molecule has 1 amide bonds. The maximum atomic E-state index is 12.7. The van der Waals surface area contributed by atoms with Crippen molar-refractivity contribution < 1.29 is 13.6 Å². The Morgan fingerprint density at radius 3 is 2.40 bits per heavy atom. The quantitative estimate of drug-likeness (QED) is 0.623. The second-order valence-corrected chi connectivity index (χ2v) is 4.11. The molecule has 0 aromatic heterocycles. The predicted molar refractivity (Wildman–Crippen MR) is 52.4 cm³/mol. The summed E-state index contributed by atoms with van der Waals surface area (Å²) in [5, 5.41) is 2.16. The molecule has 1 fully saturated rings. The van der Waals surface area contributed by atoms with E-state index in [0.29, 0.717) is 12.8 Å². The highest BCUT2D eigenvalue weighted by Crippen LogP contribution is 2.27. The SMILES string of the molecule is NCC(F)(F)CNC(=O)C1(N)CCCC1. The third-order valence-electron chi connectivity index (χ3n) is 2.75. The van der Waals surface area contributed by atoms with Crippen LogP contribution in [-0.2, 0) is 4.79 Å². The maximum absolute atomic E-state index is 12.7. The Kier molecular flexibility index (Phi) is 3.62. The summed E-state index contributed by atoms with van der Waals surface area (Å²) in [6.07, 6.45) is 2.87. The van der Waals surface area contributed by atoms with Crippen LogP contribution >= 0.6 is 0 Å². The molecule has 0 bridgehead atoms. The van der Waals surface area contributed by atoms with Crippen molar-refractivity contribution in [3.8, 4) is 0 Å². The average molecular weight is 221 g/mol. The maximum Gasteiger partial charge on any atom is 0.277 e. The number of nitrogens with two attached hydrogens (primary N) is 2. The van der Waals surface area contributed by atoms with Gasteiger partial charge in [-0.2, -0.15) is 0 Å². The minimum Gasteiger partial charge on any atom is -0.348 e. The third-order valence-corrected chi connectivity index (χ3v) is 2.75. The summed E-state index contributed by atoms with van der Waals surface area (Å²) in [5.41, 5.74) is 9.68. The van der Waals surface area contributed by atoms with Crippen LogP contribution in [0.25, 0.3) is 0 Å². The van der Waals surface area contributed by atoms with Crippen molar-refractivity contribution in [1.29, 1.82) is 0 Å². The Balaban J connectivity index is 2.42. The van der Waals surface area contributed by atoms with Crippen LogP contribution in [0.2, 0.25) is 0 Å². The third kappa shape index (κ3) is 3.10. The first kappa shape index (κ1) is 12.3. The molecule has 0 aromatic carbocycles. The summed E-state index contributed by atoms with van der Waals surface area (Å²) in [4.78, 5) is 11.5. The molecule has 15 heavy (non-hydrogen) atoms. The van der Waals surface area contributed by atoms with Crippen molar-refractivity contribution in [3.63, 3.8) is 0 Å². The molecule has 0 spiro atoms. The number of rotatable bonds is 4. The zero-order chi connectivity index (χ0) is 11.5. The van der Waals surface area contributed by atoms with Crippen LogP contribution in [-0.4, -0.2) is 30.5 Å². The van der Waals surface area contributed by atoms with Crippen LogP contribution in [0.1, 0.15) is 25.7 Å². The summed E-state index contributed by atoms with van der Waals surface area (Å²) in [6, 6.07) is 0. The van der Waals surface area contributed by atoms with E-state index in [9.17, 15) is 13.6 Å². The van der Waals surface area contributed by atoms with E-state index in [1.807, 2.05) is 0 Å². The van der Waals surface area contributed by atoms with Gasteiger partial charge in [-0.15, -0.1) is 0 Å². The van der Waals surface area contributed by atoms with E-state index in [0.717, 1.165) is 12.8 Å². The smallest absolute Gasteiger partial charge is 0.277 e. The van der Waals surface area contributed by atoms with E-state index >= 15 is 0 Å². The van der Waals surface area contributed by atoms with Gasteiger partial charge in [0.2, 0.25) is 5.91 Å². The molecular formula is C9H17F2N3O. The zero-order valence-corrected chi connectivity index (χ0v) is 8.56. The first-order valence-corrected chi connectivity index (χ1v) is 5.05. The lowest BCUT2D eigenvalue weighted by atomic mass is 9.98. The molecule has 0 aromatic rings. The van der Waals surface area contributed by atoms with Crippen LogP contribution in [0.15, 0.2) is 0 Å². The van der Waals surface area contributed by atoms with Crippen LogP contribution in [0.3, 0.4) is 0 Å². The zero-order valence-electron chi connectivity index (χ0n) is 8.56. The van der Waals surface area contributed by atoms with E-state index in [2.05, 4.69) is 5.32 Å². The average Bonchev–Trinajstić information content (AvgIpc) is 2.63. The molecule has 5 N–H and O–H groups in total. The van der Waals surface area contributed by atoms with Crippen molar-refractivity contribution >= 4 is 5.91 Å². The fourth-order valence-corrected chi connectivity index (χ4v) is 1.69. The topological polar surface area (TPSA) is 81.1 Å². The van der Waals surface area contributed by atoms with Crippen LogP contribution in [0, 0.1) is 0 Å². The Labute approximate surface area is 87.4 Å². The second kappa shape index (κ2) is 4.40. The van der Waals surface area contributed by atoms with Gasteiger partial charge < -0.3 is 16.8 Å². The van der Waals surface area contributed by atoms with E-state index in [-0.39, 0.29) is 0 Å². The predicted octanol–water partition coefficient (Wildman–Crippen LogP) is -0.0319. The van der Waals surface area contributed by atoms with Crippen molar-refractivity contribution in [2.45, 2.75) is 37.1 Å². The van der Waals surface area contributed by atoms with Crippen LogP contribution < -0.4 is 16.8 Å². The number of carbonyl (C=O) groups is 1. The molecule has 0 saturated heterocycles. The monoisotopic (exact) mass is 221 g/mol. The lowest BCUT2D eigenvalue weighted by molar-refractivity contribution is -0.127. The number of carbonyl (C=O) groups excluding carboxylic acids is 1. The largest absolute Gasteiger partial charge is 0.348 e. The van der Waals surface area contributed by atoms with E-state index in [4.69, 9.17) is 11.5 Å². The Bertz CT molecular complexity index is 240. The summed E-state index contributed by atoms with van der Waals surface area (Å²) >= 11 is 0. The summed E-state index contributed by atoms with van der Waals surface area (Å²) in [6.45, 7) is -1.51. The lowest BCUT2D eigenvalue weighted by Gasteiger charge is -2.24. The molecule has 6 heteroatoms. The van der Waals surface area contributed by atoms with Crippen LogP contribution in [0.4, 0.5) is 8.78 Å². The molecule has 1 saturated carbocycles. The standard InChI is InChI=1S/C9H17F2N3O/c10-9(11,5-12)6-14-7(15)8(13)3-1-2-4-8/h1-6,12-13H2,(H,14,15). The van der Waals surface area contributed by atoms with Gasteiger partial charge in [0, 0.05) is 0 Å². The highest BCUT2D eigenvalue weighted by molar-refractivity contribution is 5.86. The molecule has 1 aliphatic rings. The minimum atomic E-state index is -3.05. The summed E-state index contributed by atoms with van der Waals surface area (Å²) in [7, 11) is 0. The first-order valence-electron chi connectivity index (χ1n) is 5.05. The number of hydrogen-bond acceptors (Lipinski definition) is 3. The Morgan fingerprint density at radius 1 is 1.40 bits per heavy atom. The van der Waals surface area contributed by atoms with Crippen molar-refractivity contribution in [3.05, 3.63) is 0 Å². The van der Waals surface area contributed by atoms with Gasteiger partial charge in [0.1, 0.15) is 0 Å². The normalized spacial score (nSPS) is 20.3. The molecule has 4 nitrogen and oxygen atoms in total. The molecule has 0 unspecified atom stereocenters. The lowest BCUT2D eigenvalue weighted by Crippen LogP contribution is -2.54. The van der Waals surface area contributed by atoms with Gasteiger partial charge in [0.25, 0.3) is 5.92 Å². The second-order valence-electron chi connectivity index (χ2n) is 4.11. The highest BCUT2D eigenvalue weighted by atomic mass is 19.3. The highest BCUT2D eigenvalue weighted by Gasteiger charge is 2.38. The van der Waals surface area contributed by atoms with E-state index in [1.165, 1.54) is 0 Å². The molecule has 88 valence electrons. The summed E-state index contributed by atoms with van der Waals surface area (Å²) in [5.74, 6) is -3.54. The molecule has 1 rings (SSSR count). The number of halogens is 2. The summed E-state index contributed by atoms with van der Waals surface area (Å²) < 4.78 is 25.5. The molecule has 0 atom stereocenters. The number of nitrogens with one attached hydrogen (secondary N) is 1. The molecular weight excluding hydrogens is 204 g/mol. The van der Waals surface area contributed by atoms with Gasteiger partial charge in [-0.05, 0) is 12.8 Å². The molecule has 1 aliphatic carbocycles. The Hall–Kier alpha value is -0.750. The number of hydrogen-bond donors (Lipinski definition) is 3. The van der Waals surface area contributed by atoms with Gasteiger partial charge in [0.15, 0.2) is 0 Å². The Morgan fingerprint density at radius 2 is 1.93 bits per heavy atom. The van der Waals surface area contributed by atoms with Crippen molar-refractivity contribution in [1.82, 2.24) is 5.32 Å². The fourth-order valence-electron chi connectivity index (χ4n) is 1.69. The minimum absolute atomic E-state index is 0.492. The van der Waals surface area contributed by atoms with Crippen molar-refractivity contribution in [2.75, 3.05) is 13.1 Å². The first-order chi connectivity index (χ1) is 6.90. The molecule has 0 aliphatic heterocycles. The van der Waals surface area contributed by atoms with Gasteiger partial charge in [-0.25, -0.2) is 8.78 Å².